The Morgan fingerprint density at radius 1 is 1.19 bits per heavy atom. The monoisotopic (exact) mass is 358 g/mol. The molecular weight excluding hydrogens is 328 g/mol. The van der Waals surface area contributed by atoms with Gasteiger partial charge in [0.05, 0.1) is 14.2 Å². The molecular formula is C21H30N2O3. The molecule has 0 aliphatic carbocycles. The van der Waals surface area contributed by atoms with E-state index in [-0.39, 0.29) is 5.91 Å². The van der Waals surface area contributed by atoms with Gasteiger partial charge in [0, 0.05) is 30.3 Å². The number of benzene rings is 1. The summed E-state index contributed by atoms with van der Waals surface area (Å²) in [6.07, 6.45) is 7.28. The van der Waals surface area contributed by atoms with E-state index in [1.165, 1.54) is 32.4 Å². The molecule has 1 amide bonds. The molecule has 1 atom stereocenters. The van der Waals surface area contributed by atoms with Crippen LogP contribution in [0.3, 0.4) is 0 Å². The molecule has 26 heavy (non-hydrogen) atoms. The fourth-order valence-corrected chi connectivity index (χ4v) is 4.20. The first-order valence-corrected chi connectivity index (χ1v) is 9.57. The van der Waals surface area contributed by atoms with Crippen molar-refractivity contribution in [1.29, 1.82) is 0 Å². The van der Waals surface area contributed by atoms with Crippen molar-refractivity contribution in [3.63, 3.8) is 0 Å². The lowest BCUT2D eigenvalue weighted by molar-refractivity contribution is 0.0607. The molecule has 1 aromatic carbocycles. The summed E-state index contributed by atoms with van der Waals surface area (Å²) in [5, 5.41) is 0. The third kappa shape index (κ3) is 3.88. The van der Waals surface area contributed by atoms with Gasteiger partial charge in [-0.25, -0.2) is 0 Å². The number of hydrogen-bond acceptors (Lipinski definition) is 4. The maximum Gasteiger partial charge on any atom is 0.254 e. The van der Waals surface area contributed by atoms with Crippen molar-refractivity contribution < 1.29 is 14.3 Å². The molecule has 5 heteroatoms. The van der Waals surface area contributed by atoms with Crippen LogP contribution in [0.2, 0.25) is 0 Å². The predicted molar refractivity (Wildman–Crippen MR) is 103 cm³/mol. The molecule has 3 rings (SSSR count). The van der Waals surface area contributed by atoms with Crippen LogP contribution in [-0.2, 0) is 6.42 Å². The van der Waals surface area contributed by atoms with Gasteiger partial charge in [-0.3, -0.25) is 9.69 Å². The molecule has 5 nitrogen and oxygen atoms in total. The lowest BCUT2D eigenvalue weighted by Gasteiger charge is -2.37. The number of allylic oxidation sites excluding steroid dienone is 1. The van der Waals surface area contributed by atoms with Gasteiger partial charge < -0.3 is 14.4 Å². The predicted octanol–water partition coefficient (Wildman–Crippen LogP) is 3.13. The highest BCUT2D eigenvalue weighted by molar-refractivity contribution is 5.95. The molecule has 1 aromatic rings. The number of methoxy groups -OCH3 is 2. The summed E-state index contributed by atoms with van der Waals surface area (Å²) in [5.74, 6) is 1.36. The second-order valence-electron chi connectivity index (χ2n) is 7.15. The van der Waals surface area contributed by atoms with Crippen molar-refractivity contribution in [2.75, 3.05) is 40.4 Å². The Morgan fingerprint density at radius 2 is 1.96 bits per heavy atom. The van der Waals surface area contributed by atoms with Crippen molar-refractivity contribution in [3.05, 3.63) is 35.9 Å². The van der Waals surface area contributed by atoms with E-state index in [0.717, 1.165) is 25.1 Å². The van der Waals surface area contributed by atoms with Crippen molar-refractivity contribution >= 4 is 5.91 Å². The fraction of sp³-hybridized carbons (Fsp3) is 0.571. The maximum atomic E-state index is 13.2. The van der Waals surface area contributed by atoms with Gasteiger partial charge in [0.25, 0.3) is 5.91 Å². The molecule has 0 N–H and O–H groups in total. The molecule has 0 radical (unpaired) electrons. The van der Waals surface area contributed by atoms with Crippen LogP contribution in [0.5, 0.6) is 11.5 Å². The van der Waals surface area contributed by atoms with E-state index in [9.17, 15) is 4.79 Å². The quantitative estimate of drug-likeness (QED) is 0.733. The smallest absolute Gasteiger partial charge is 0.254 e. The number of likely N-dealkylation sites (tertiary alicyclic amines) is 2. The normalized spacial score (nSPS) is 20.8. The number of hydrogen-bond donors (Lipinski definition) is 0. The SMILES string of the molecule is C=CCc1cc(C(=O)N2CCCC(N3CCCC3)C2)cc(OC)c1OC. The minimum absolute atomic E-state index is 0.0835. The zero-order valence-electron chi connectivity index (χ0n) is 16.0. The second-order valence-corrected chi connectivity index (χ2v) is 7.15. The van der Waals surface area contributed by atoms with Gasteiger partial charge in [0.15, 0.2) is 11.5 Å². The van der Waals surface area contributed by atoms with E-state index < -0.39 is 0 Å². The number of nitrogens with zero attached hydrogens (tertiary/aromatic N) is 2. The van der Waals surface area contributed by atoms with Gasteiger partial charge in [0.1, 0.15) is 0 Å². The van der Waals surface area contributed by atoms with E-state index in [4.69, 9.17) is 9.47 Å². The van der Waals surface area contributed by atoms with Gasteiger partial charge in [-0.2, -0.15) is 0 Å². The van der Waals surface area contributed by atoms with E-state index in [1.54, 1.807) is 20.3 Å². The first kappa shape index (κ1) is 18.8. The molecule has 0 saturated carbocycles. The highest BCUT2D eigenvalue weighted by atomic mass is 16.5. The molecule has 0 bridgehead atoms. The Bertz CT molecular complexity index is 653. The van der Waals surface area contributed by atoms with Gasteiger partial charge >= 0.3 is 0 Å². The molecule has 2 aliphatic rings. The number of piperidine rings is 1. The zero-order chi connectivity index (χ0) is 18.5. The molecule has 0 spiro atoms. The molecule has 1 unspecified atom stereocenters. The van der Waals surface area contributed by atoms with Crippen LogP contribution in [0.4, 0.5) is 0 Å². The van der Waals surface area contributed by atoms with Crippen molar-refractivity contribution in [1.82, 2.24) is 9.80 Å². The molecule has 142 valence electrons. The zero-order valence-corrected chi connectivity index (χ0v) is 16.0. The molecule has 2 aliphatic heterocycles. The van der Waals surface area contributed by atoms with E-state index in [0.29, 0.717) is 29.5 Å². The summed E-state index contributed by atoms with van der Waals surface area (Å²) >= 11 is 0. The summed E-state index contributed by atoms with van der Waals surface area (Å²) in [6.45, 7) is 7.81. The Balaban J connectivity index is 1.81. The van der Waals surface area contributed by atoms with E-state index in [2.05, 4.69) is 11.5 Å². The minimum Gasteiger partial charge on any atom is -0.493 e. The number of amides is 1. The standard InChI is InChI=1S/C21H30N2O3/c1-4-8-16-13-17(14-19(25-2)20(16)26-3)21(24)23-12-7-9-18(15-23)22-10-5-6-11-22/h4,13-14,18H,1,5-12,15H2,2-3H3. The Labute approximate surface area is 156 Å². The second kappa shape index (κ2) is 8.58. The average molecular weight is 358 g/mol. The average Bonchev–Trinajstić information content (AvgIpc) is 3.22. The van der Waals surface area contributed by atoms with Crippen molar-refractivity contribution in [2.45, 2.75) is 38.1 Å². The van der Waals surface area contributed by atoms with Gasteiger partial charge in [-0.15, -0.1) is 6.58 Å². The first-order valence-electron chi connectivity index (χ1n) is 9.57. The minimum atomic E-state index is 0.0835. The van der Waals surface area contributed by atoms with Gasteiger partial charge in [-0.05, 0) is 57.3 Å². The third-order valence-electron chi connectivity index (χ3n) is 5.51. The van der Waals surface area contributed by atoms with Crippen LogP contribution < -0.4 is 9.47 Å². The first-order chi connectivity index (χ1) is 12.7. The van der Waals surface area contributed by atoms with Crippen LogP contribution in [0.1, 0.15) is 41.6 Å². The molecule has 2 saturated heterocycles. The summed E-state index contributed by atoms with van der Waals surface area (Å²) in [7, 11) is 3.23. The highest BCUT2D eigenvalue weighted by Gasteiger charge is 2.30. The van der Waals surface area contributed by atoms with Crippen LogP contribution >= 0.6 is 0 Å². The van der Waals surface area contributed by atoms with Crippen LogP contribution in [0, 0.1) is 0 Å². The number of carbonyl (C=O) groups is 1. The van der Waals surface area contributed by atoms with E-state index in [1.807, 2.05) is 17.0 Å². The van der Waals surface area contributed by atoms with Crippen LogP contribution in [-0.4, -0.2) is 62.1 Å². The fourth-order valence-electron chi connectivity index (χ4n) is 4.20. The number of carbonyl (C=O) groups excluding carboxylic acids is 1. The third-order valence-corrected chi connectivity index (χ3v) is 5.51. The Kier molecular flexibility index (Phi) is 6.20. The lowest BCUT2D eigenvalue weighted by atomic mass is 10.0. The van der Waals surface area contributed by atoms with Crippen molar-refractivity contribution in [3.8, 4) is 11.5 Å². The highest BCUT2D eigenvalue weighted by Crippen LogP contribution is 2.34. The molecule has 2 fully saturated rings. The lowest BCUT2D eigenvalue weighted by Crippen LogP contribution is -2.49. The largest absolute Gasteiger partial charge is 0.493 e. The van der Waals surface area contributed by atoms with Gasteiger partial charge in [-0.1, -0.05) is 6.08 Å². The Morgan fingerprint density at radius 3 is 2.62 bits per heavy atom. The topological polar surface area (TPSA) is 42.0 Å². The number of ether oxygens (including phenoxy) is 2. The van der Waals surface area contributed by atoms with Crippen LogP contribution in [0.25, 0.3) is 0 Å². The molecule has 2 heterocycles. The van der Waals surface area contributed by atoms with Gasteiger partial charge in [0.2, 0.25) is 0 Å². The summed E-state index contributed by atoms with van der Waals surface area (Å²) in [4.78, 5) is 17.7. The van der Waals surface area contributed by atoms with Crippen LogP contribution in [0.15, 0.2) is 24.8 Å². The maximum absolute atomic E-state index is 13.2. The van der Waals surface area contributed by atoms with Crippen molar-refractivity contribution in [2.24, 2.45) is 0 Å². The Hall–Kier alpha value is -2.01. The molecule has 0 aromatic heterocycles. The summed E-state index contributed by atoms with van der Waals surface area (Å²) < 4.78 is 10.9. The number of rotatable bonds is 6. The summed E-state index contributed by atoms with van der Waals surface area (Å²) in [6, 6.07) is 4.22. The summed E-state index contributed by atoms with van der Waals surface area (Å²) in [5.41, 5.74) is 1.60. The van der Waals surface area contributed by atoms with E-state index >= 15 is 0 Å².